The standard InChI is InChI=1S/C20H21ClFN3O4S/c1-3-25(4-2)30(28,29)16-7-5-6-15(13-16)20(27)24-23-19(26)11-9-14-8-10-18(22)17(21)12-14/h5-13H,3-4H2,1-2H3,(H,23,26)(H,24,27)/b11-9+. The van der Waals surface area contributed by atoms with Crippen molar-refractivity contribution in [3.8, 4) is 0 Å². The predicted molar refractivity (Wildman–Crippen MR) is 113 cm³/mol. The third-order valence-electron chi connectivity index (χ3n) is 4.11. The van der Waals surface area contributed by atoms with E-state index in [0.717, 1.165) is 6.08 Å². The number of hydrogen-bond acceptors (Lipinski definition) is 4. The third-order valence-corrected chi connectivity index (χ3v) is 6.44. The Labute approximate surface area is 179 Å². The van der Waals surface area contributed by atoms with Crippen LogP contribution in [0.3, 0.4) is 0 Å². The van der Waals surface area contributed by atoms with E-state index in [1.807, 2.05) is 0 Å². The highest BCUT2D eigenvalue weighted by Crippen LogP contribution is 2.18. The fourth-order valence-electron chi connectivity index (χ4n) is 2.53. The van der Waals surface area contributed by atoms with Gasteiger partial charge < -0.3 is 0 Å². The number of carbonyl (C=O) groups is 2. The SMILES string of the molecule is CCN(CC)S(=O)(=O)c1cccc(C(=O)NNC(=O)/C=C/c2ccc(F)c(Cl)c2)c1. The number of nitrogens with one attached hydrogen (secondary N) is 2. The molecule has 0 bridgehead atoms. The summed E-state index contributed by atoms with van der Waals surface area (Å²) in [6.07, 6.45) is 2.52. The highest BCUT2D eigenvalue weighted by atomic mass is 35.5. The fraction of sp³-hybridized carbons (Fsp3) is 0.200. The molecule has 2 aromatic carbocycles. The molecule has 0 unspecified atom stereocenters. The second kappa shape index (κ2) is 10.3. The molecule has 30 heavy (non-hydrogen) atoms. The molecule has 0 radical (unpaired) electrons. The molecule has 160 valence electrons. The Bertz CT molecular complexity index is 1070. The van der Waals surface area contributed by atoms with E-state index in [4.69, 9.17) is 11.6 Å². The van der Waals surface area contributed by atoms with Gasteiger partial charge in [0.05, 0.1) is 9.92 Å². The molecule has 0 aliphatic carbocycles. The molecule has 2 N–H and O–H groups in total. The number of nitrogens with zero attached hydrogens (tertiary/aromatic N) is 1. The number of hydrazine groups is 1. The highest BCUT2D eigenvalue weighted by Gasteiger charge is 2.22. The number of halogens is 2. The molecule has 0 saturated heterocycles. The number of carbonyl (C=O) groups excluding carboxylic acids is 2. The molecule has 2 aromatic rings. The van der Waals surface area contributed by atoms with E-state index >= 15 is 0 Å². The van der Waals surface area contributed by atoms with Crippen molar-refractivity contribution in [2.24, 2.45) is 0 Å². The van der Waals surface area contributed by atoms with Gasteiger partial charge in [-0.25, -0.2) is 12.8 Å². The van der Waals surface area contributed by atoms with E-state index in [1.54, 1.807) is 13.8 Å². The number of sulfonamides is 1. The van der Waals surface area contributed by atoms with E-state index in [2.05, 4.69) is 10.9 Å². The largest absolute Gasteiger partial charge is 0.269 e. The van der Waals surface area contributed by atoms with Gasteiger partial charge in [0, 0.05) is 24.7 Å². The molecule has 2 amide bonds. The lowest BCUT2D eigenvalue weighted by molar-refractivity contribution is -0.117. The van der Waals surface area contributed by atoms with Crippen molar-refractivity contribution in [1.29, 1.82) is 0 Å². The Hall–Kier alpha value is -2.75. The van der Waals surface area contributed by atoms with Gasteiger partial charge in [-0.05, 0) is 42.0 Å². The van der Waals surface area contributed by atoms with Crippen LogP contribution in [0.1, 0.15) is 29.8 Å². The van der Waals surface area contributed by atoms with Crippen LogP contribution in [0.5, 0.6) is 0 Å². The van der Waals surface area contributed by atoms with Gasteiger partial charge in [0.1, 0.15) is 5.82 Å². The quantitative estimate of drug-likeness (QED) is 0.497. The molecule has 7 nitrogen and oxygen atoms in total. The van der Waals surface area contributed by atoms with Crippen LogP contribution in [0.15, 0.2) is 53.4 Å². The summed E-state index contributed by atoms with van der Waals surface area (Å²) >= 11 is 5.67. The van der Waals surface area contributed by atoms with E-state index < -0.39 is 27.7 Å². The summed E-state index contributed by atoms with van der Waals surface area (Å²) in [5, 5.41) is -0.0783. The second-order valence-corrected chi connectivity index (χ2v) is 8.41. The van der Waals surface area contributed by atoms with E-state index in [0.29, 0.717) is 18.7 Å². The normalized spacial score (nSPS) is 11.6. The van der Waals surface area contributed by atoms with E-state index in [1.165, 1.54) is 52.8 Å². The topological polar surface area (TPSA) is 95.6 Å². The Morgan fingerprint density at radius 3 is 2.43 bits per heavy atom. The molecule has 0 aliphatic rings. The van der Waals surface area contributed by atoms with Gasteiger partial charge >= 0.3 is 0 Å². The molecule has 0 aliphatic heterocycles. The third kappa shape index (κ3) is 5.88. The van der Waals surface area contributed by atoms with Crippen LogP contribution < -0.4 is 10.9 Å². The minimum Gasteiger partial charge on any atom is -0.268 e. The van der Waals surface area contributed by atoms with Crippen LogP contribution in [0.4, 0.5) is 4.39 Å². The van der Waals surface area contributed by atoms with Crippen LogP contribution in [0, 0.1) is 5.82 Å². The van der Waals surface area contributed by atoms with Gasteiger partial charge in [0.15, 0.2) is 0 Å². The summed E-state index contributed by atoms with van der Waals surface area (Å²) in [6.45, 7) is 4.05. The highest BCUT2D eigenvalue weighted by molar-refractivity contribution is 7.89. The molecular weight excluding hydrogens is 433 g/mol. The van der Waals surface area contributed by atoms with Crippen LogP contribution in [0.2, 0.25) is 5.02 Å². The number of benzene rings is 2. The van der Waals surface area contributed by atoms with Crippen molar-refractivity contribution in [3.05, 3.63) is 70.5 Å². The smallest absolute Gasteiger partial charge is 0.268 e. The summed E-state index contributed by atoms with van der Waals surface area (Å²) in [4.78, 5) is 24.1. The van der Waals surface area contributed by atoms with E-state index in [9.17, 15) is 22.4 Å². The summed E-state index contributed by atoms with van der Waals surface area (Å²) in [5.74, 6) is -1.90. The first-order chi connectivity index (χ1) is 14.2. The molecule has 0 heterocycles. The average Bonchev–Trinajstić information content (AvgIpc) is 2.73. The van der Waals surface area contributed by atoms with Crippen LogP contribution in [0.25, 0.3) is 6.08 Å². The zero-order valence-electron chi connectivity index (χ0n) is 16.4. The van der Waals surface area contributed by atoms with Crippen molar-refractivity contribution in [3.63, 3.8) is 0 Å². The minimum atomic E-state index is -3.72. The van der Waals surface area contributed by atoms with E-state index in [-0.39, 0.29) is 15.5 Å². The van der Waals surface area contributed by atoms with Gasteiger partial charge in [-0.15, -0.1) is 0 Å². The monoisotopic (exact) mass is 453 g/mol. The molecule has 0 fully saturated rings. The van der Waals surface area contributed by atoms with Gasteiger partial charge in [-0.3, -0.25) is 20.4 Å². The molecule has 0 aromatic heterocycles. The molecule has 2 rings (SSSR count). The summed E-state index contributed by atoms with van der Waals surface area (Å²) < 4.78 is 39.6. The second-order valence-electron chi connectivity index (χ2n) is 6.07. The van der Waals surface area contributed by atoms with Gasteiger partial charge in [-0.2, -0.15) is 4.31 Å². The molecular formula is C20H21ClFN3O4S. The van der Waals surface area contributed by atoms with Crippen LogP contribution >= 0.6 is 11.6 Å². The Morgan fingerprint density at radius 1 is 1.10 bits per heavy atom. The first-order valence-corrected chi connectivity index (χ1v) is 10.8. The number of rotatable bonds is 7. The first-order valence-electron chi connectivity index (χ1n) is 9.02. The van der Waals surface area contributed by atoms with Gasteiger partial charge in [0.2, 0.25) is 10.0 Å². The van der Waals surface area contributed by atoms with Crippen LogP contribution in [-0.4, -0.2) is 37.6 Å². The Morgan fingerprint density at radius 2 is 1.80 bits per heavy atom. The lowest BCUT2D eigenvalue weighted by Crippen LogP contribution is -2.40. The zero-order valence-corrected chi connectivity index (χ0v) is 17.9. The maximum Gasteiger partial charge on any atom is 0.269 e. The predicted octanol–water partition coefficient (Wildman–Crippen LogP) is 2.98. The van der Waals surface area contributed by atoms with Crippen molar-refractivity contribution in [1.82, 2.24) is 15.2 Å². The zero-order chi connectivity index (χ0) is 22.3. The molecule has 0 saturated carbocycles. The minimum absolute atomic E-state index is 0.0155. The summed E-state index contributed by atoms with van der Waals surface area (Å²) in [6, 6.07) is 9.48. The van der Waals surface area contributed by atoms with Gasteiger partial charge in [-0.1, -0.05) is 37.6 Å². The van der Waals surface area contributed by atoms with Crippen molar-refractivity contribution in [2.75, 3.05) is 13.1 Å². The average molecular weight is 454 g/mol. The Balaban J connectivity index is 2.03. The lowest BCUT2D eigenvalue weighted by atomic mass is 10.2. The molecule has 0 spiro atoms. The molecule has 10 heteroatoms. The fourth-order valence-corrected chi connectivity index (χ4v) is 4.22. The van der Waals surface area contributed by atoms with Crippen molar-refractivity contribution in [2.45, 2.75) is 18.7 Å². The first kappa shape index (κ1) is 23.5. The summed E-state index contributed by atoms with van der Waals surface area (Å²) in [7, 11) is -3.72. The summed E-state index contributed by atoms with van der Waals surface area (Å²) in [5.41, 5.74) is 4.96. The lowest BCUT2D eigenvalue weighted by Gasteiger charge is -2.18. The number of amides is 2. The maximum absolute atomic E-state index is 13.1. The van der Waals surface area contributed by atoms with Gasteiger partial charge in [0.25, 0.3) is 11.8 Å². The van der Waals surface area contributed by atoms with Crippen molar-refractivity contribution < 1.29 is 22.4 Å². The maximum atomic E-state index is 13.1. The number of hydrogen-bond donors (Lipinski definition) is 2. The molecule has 0 atom stereocenters. The van der Waals surface area contributed by atoms with Crippen LogP contribution in [-0.2, 0) is 14.8 Å². The van der Waals surface area contributed by atoms with Crippen molar-refractivity contribution >= 4 is 39.5 Å². The Kier molecular flexibility index (Phi) is 8.10.